The van der Waals surface area contributed by atoms with Crippen LogP contribution in [0.15, 0.2) is 47.5 Å². The summed E-state index contributed by atoms with van der Waals surface area (Å²) in [6.45, 7) is 0. The van der Waals surface area contributed by atoms with Crippen molar-refractivity contribution >= 4 is 23.2 Å². The van der Waals surface area contributed by atoms with Crippen LogP contribution in [0.4, 0.5) is 0 Å². The van der Waals surface area contributed by atoms with Gasteiger partial charge in [0.1, 0.15) is 0 Å². The van der Waals surface area contributed by atoms with E-state index in [9.17, 15) is 0 Å². The van der Waals surface area contributed by atoms with Crippen molar-refractivity contribution in [2.75, 3.05) is 0 Å². The van der Waals surface area contributed by atoms with Crippen molar-refractivity contribution in [2.45, 2.75) is 0 Å². The summed E-state index contributed by atoms with van der Waals surface area (Å²) in [4.78, 5) is 0. The molecule has 0 aromatic heterocycles. The van der Waals surface area contributed by atoms with Crippen LogP contribution in [0.3, 0.4) is 0 Å². The van der Waals surface area contributed by atoms with Crippen LogP contribution >= 0.6 is 23.2 Å². The van der Waals surface area contributed by atoms with Gasteiger partial charge in [0.2, 0.25) is 0 Å². The van der Waals surface area contributed by atoms with Gasteiger partial charge >= 0.3 is 0 Å². The number of hydrogen-bond donors (Lipinski definition) is 0. The lowest BCUT2D eigenvalue weighted by atomic mass is 10.4. The van der Waals surface area contributed by atoms with Crippen LogP contribution in [0.1, 0.15) is 0 Å². The first-order chi connectivity index (χ1) is 4.91. The molecule has 0 saturated carbocycles. The number of rotatable bonds is 0. The molecule has 0 nitrogen and oxygen atoms in total. The first kappa shape index (κ1) is 9.54. The topological polar surface area (TPSA) is 0 Å². The monoisotopic (exact) mass is 174 g/mol. The third-order valence-electron chi connectivity index (χ3n) is 0.714. The Labute approximate surface area is 71.1 Å². The summed E-state index contributed by atoms with van der Waals surface area (Å²) in [5.41, 5.74) is 2.48. The lowest BCUT2D eigenvalue weighted by Crippen LogP contribution is -1.47. The van der Waals surface area contributed by atoms with Crippen molar-refractivity contribution < 1.29 is 0 Å². The van der Waals surface area contributed by atoms with E-state index in [1.165, 1.54) is 11.1 Å². The minimum atomic E-state index is 1.24. The average Bonchev–Trinajstić information content (AvgIpc) is 2.08. The molecule has 0 atom stereocenters. The highest BCUT2D eigenvalue weighted by molar-refractivity contribution is 6.33. The van der Waals surface area contributed by atoms with Gasteiger partial charge in [0, 0.05) is 11.1 Å². The average molecular weight is 175 g/mol. The Hall–Kier alpha value is -0.460. The van der Waals surface area contributed by atoms with Crippen LogP contribution in [-0.4, -0.2) is 0 Å². The van der Waals surface area contributed by atoms with E-state index in [4.69, 9.17) is 23.2 Å². The molecule has 0 saturated heterocycles. The van der Waals surface area contributed by atoms with Gasteiger partial charge in [-0.25, -0.2) is 0 Å². The second-order valence-electron chi connectivity index (χ2n) is 1.41. The third kappa shape index (κ3) is 7.54. The van der Waals surface area contributed by atoms with Gasteiger partial charge in [-0.15, -0.1) is 0 Å². The van der Waals surface area contributed by atoms with E-state index in [0.29, 0.717) is 0 Å². The molecule has 54 valence electrons. The van der Waals surface area contributed by atoms with Crippen molar-refractivity contribution in [3.05, 3.63) is 47.5 Å². The fourth-order valence-electron chi connectivity index (χ4n) is 0.385. The first-order valence-corrected chi connectivity index (χ1v) is 3.64. The summed E-state index contributed by atoms with van der Waals surface area (Å²) in [5.74, 6) is 0. The van der Waals surface area contributed by atoms with Crippen LogP contribution in [0.5, 0.6) is 0 Å². The number of benzene rings is 1. The largest absolute Gasteiger partial charge is 0.0920 e. The normalized spacial score (nSPS) is 8.60. The second-order valence-corrected chi connectivity index (χ2v) is 1.91. The molecule has 2 heteroatoms. The third-order valence-corrected chi connectivity index (χ3v) is 1.10. The molecule has 0 unspecified atom stereocenters. The highest BCUT2D eigenvalue weighted by atomic mass is 35.5. The molecule has 0 heterocycles. The van der Waals surface area contributed by atoms with Crippen LogP contribution < -0.4 is 0 Å². The minimum Gasteiger partial charge on any atom is -0.0920 e. The molecule has 0 amide bonds. The second kappa shape index (κ2) is 8.54. The SMILES string of the molecule is ClC=CCl.c1ccccc1. The van der Waals surface area contributed by atoms with Crippen molar-refractivity contribution in [1.82, 2.24) is 0 Å². The summed E-state index contributed by atoms with van der Waals surface area (Å²) in [6.07, 6.45) is 0. The minimum absolute atomic E-state index is 1.24. The fourth-order valence-corrected chi connectivity index (χ4v) is 0.385. The van der Waals surface area contributed by atoms with E-state index >= 15 is 0 Å². The van der Waals surface area contributed by atoms with Crippen LogP contribution in [0.25, 0.3) is 0 Å². The first-order valence-electron chi connectivity index (χ1n) is 2.77. The molecule has 0 bridgehead atoms. The highest BCUT2D eigenvalue weighted by Crippen LogP contribution is 1.80. The number of halogens is 2. The van der Waals surface area contributed by atoms with E-state index in [1.807, 2.05) is 36.4 Å². The summed E-state index contributed by atoms with van der Waals surface area (Å²) in [7, 11) is 0. The summed E-state index contributed by atoms with van der Waals surface area (Å²) in [6, 6.07) is 12.0. The molecule has 0 fully saturated rings. The van der Waals surface area contributed by atoms with Gasteiger partial charge in [-0.2, -0.15) is 0 Å². The summed E-state index contributed by atoms with van der Waals surface area (Å²) in [5, 5.41) is 0. The fraction of sp³-hybridized carbons (Fsp3) is 0. The van der Waals surface area contributed by atoms with Gasteiger partial charge in [-0.05, 0) is 0 Å². The Morgan fingerprint density at radius 3 is 0.900 bits per heavy atom. The van der Waals surface area contributed by atoms with Gasteiger partial charge in [0.05, 0.1) is 0 Å². The molecule has 0 N–H and O–H groups in total. The maximum Gasteiger partial charge on any atom is 0.0156 e. The molecule has 0 aliphatic heterocycles. The van der Waals surface area contributed by atoms with Crippen molar-refractivity contribution in [1.29, 1.82) is 0 Å². The Morgan fingerprint density at radius 2 is 0.800 bits per heavy atom. The van der Waals surface area contributed by atoms with Crippen LogP contribution in [0.2, 0.25) is 0 Å². The zero-order chi connectivity index (χ0) is 7.66. The Morgan fingerprint density at radius 1 is 0.600 bits per heavy atom. The standard InChI is InChI=1S/C6H6.C2H2Cl2/c1-2-4-6-5-3-1;3-1-2-4/h1-6H;1-2H. The summed E-state index contributed by atoms with van der Waals surface area (Å²) >= 11 is 9.75. The van der Waals surface area contributed by atoms with Crippen molar-refractivity contribution in [3.8, 4) is 0 Å². The maximum atomic E-state index is 4.87. The Bertz CT molecular complexity index is 127. The quantitative estimate of drug-likeness (QED) is 0.564. The Kier molecular flexibility index (Phi) is 8.15. The zero-order valence-electron chi connectivity index (χ0n) is 5.37. The molecule has 1 aromatic carbocycles. The van der Waals surface area contributed by atoms with Gasteiger partial charge in [0.25, 0.3) is 0 Å². The smallest absolute Gasteiger partial charge is 0.0156 e. The lowest BCUT2D eigenvalue weighted by Gasteiger charge is -1.69. The van der Waals surface area contributed by atoms with E-state index < -0.39 is 0 Å². The molecule has 0 radical (unpaired) electrons. The molecule has 0 spiro atoms. The van der Waals surface area contributed by atoms with E-state index in [0.717, 1.165) is 0 Å². The molecule has 0 aliphatic carbocycles. The predicted molar refractivity (Wildman–Crippen MR) is 47.3 cm³/mol. The van der Waals surface area contributed by atoms with Gasteiger partial charge in [-0.3, -0.25) is 0 Å². The summed E-state index contributed by atoms with van der Waals surface area (Å²) < 4.78 is 0. The van der Waals surface area contributed by atoms with Gasteiger partial charge in [-0.1, -0.05) is 59.6 Å². The Balaban J connectivity index is 0.000000180. The van der Waals surface area contributed by atoms with E-state index in [1.54, 1.807) is 0 Å². The molecule has 1 aromatic rings. The van der Waals surface area contributed by atoms with Crippen LogP contribution in [0, 0.1) is 0 Å². The van der Waals surface area contributed by atoms with E-state index in [-0.39, 0.29) is 0 Å². The molecule has 1 rings (SSSR count). The molecule has 10 heavy (non-hydrogen) atoms. The van der Waals surface area contributed by atoms with Crippen molar-refractivity contribution in [2.24, 2.45) is 0 Å². The van der Waals surface area contributed by atoms with Gasteiger partial charge < -0.3 is 0 Å². The lowest BCUT2D eigenvalue weighted by molar-refractivity contribution is 1.72. The maximum absolute atomic E-state index is 4.87. The molecular formula is C8H8Cl2. The number of hydrogen-bond acceptors (Lipinski definition) is 0. The molecular weight excluding hydrogens is 167 g/mol. The van der Waals surface area contributed by atoms with Crippen LogP contribution in [-0.2, 0) is 0 Å². The zero-order valence-corrected chi connectivity index (χ0v) is 6.89. The van der Waals surface area contributed by atoms with E-state index in [2.05, 4.69) is 0 Å². The highest BCUT2D eigenvalue weighted by Gasteiger charge is 1.57. The molecule has 0 aliphatic rings. The van der Waals surface area contributed by atoms with Crippen molar-refractivity contribution in [3.63, 3.8) is 0 Å². The van der Waals surface area contributed by atoms with Gasteiger partial charge in [0.15, 0.2) is 0 Å². The predicted octanol–water partition coefficient (Wildman–Crippen LogP) is 3.62.